The van der Waals surface area contributed by atoms with Gasteiger partial charge >= 0.3 is 0 Å². The second-order valence-corrected chi connectivity index (χ2v) is 7.17. The van der Waals surface area contributed by atoms with Gasteiger partial charge in [0.05, 0.1) is 11.7 Å². The molecule has 1 aromatic carbocycles. The summed E-state index contributed by atoms with van der Waals surface area (Å²) in [5, 5.41) is 5.62. The molecule has 1 unspecified atom stereocenters. The summed E-state index contributed by atoms with van der Waals surface area (Å²) in [6.45, 7) is 2.17. The van der Waals surface area contributed by atoms with E-state index in [9.17, 15) is 0 Å². The van der Waals surface area contributed by atoms with Crippen molar-refractivity contribution in [2.75, 3.05) is 11.1 Å². The lowest BCUT2D eigenvalue weighted by molar-refractivity contribution is 0.939. The number of nitrogen functional groups attached to an aromatic ring is 1. The van der Waals surface area contributed by atoms with Crippen LogP contribution in [-0.2, 0) is 10.8 Å². The van der Waals surface area contributed by atoms with Gasteiger partial charge in [0.25, 0.3) is 0 Å². The first-order chi connectivity index (χ1) is 11.7. The van der Waals surface area contributed by atoms with Crippen LogP contribution in [0.1, 0.15) is 34.7 Å². The van der Waals surface area contributed by atoms with Crippen molar-refractivity contribution in [2.45, 2.75) is 23.8 Å². The van der Waals surface area contributed by atoms with Gasteiger partial charge in [0.15, 0.2) is 0 Å². The smallest absolute Gasteiger partial charge is 0.222 e. The number of nitrogens with one attached hydrogen (secondary N) is 1. The molecule has 3 rings (SSSR count). The zero-order valence-electron chi connectivity index (χ0n) is 13.4. The predicted molar refractivity (Wildman–Crippen MR) is 110 cm³/mol. The average molecular weight is 450 g/mol. The first-order valence-corrected chi connectivity index (χ1v) is 10.2. The van der Waals surface area contributed by atoms with Crippen LogP contribution in [0.5, 0.6) is 0 Å². The summed E-state index contributed by atoms with van der Waals surface area (Å²) in [5.41, 5.74) is 9.32. The van der Waals surface area contributed by atoms with Gasteiger partial charge in [0.1, 0.15) is 5.82 Å². The van der Waals surface area contributed by atoms with Crippen LogP contribution >= 0.6 is 33.9 Å². The Morgan fingerprint density at radius 2 is 2.00 bits per heavy atom. The van der Waals surface area contributed by atoms with E-state index >= 15 is 0 Å². The number of aryl methyl sites for hydroxylation is 1. The highest BCUT2D eigenvalue weighted by Gasteiger charge is 2.16. The van der Waals surface area contributed by atoms with Crippen molar-refractivity contribution >= 4 is 45.7 Å². The number of nitrogens with zero attached hydrogens (tertiary/aromatic N) is 2. The van der Waals surface area contributed by atoms with E-state index in [2.05, 4.69) is 86.6 Å². The lowest BCUT2D eigenvalue weighted by Gasteiger charge is -2.19. The summed E-state index contributed by atoms with van der Waals surface area (Å²) >= 11 is 4.01. The highest BCUT2D eigenvalue weighted by molar-refractivity contribution is 14.1. The second-order valence-electron chi connectivity index (χ2n) is 5.42. The zero-order valence-corrected chi connectivity index (χ0v) is 16.3. The number of benzene rings is 1. The van der Waals surface area contributed by atoms with Crippen LogP contribution < -0.4 is 11.1 Å². The van der Waals surface area contributed by atoms with E-state index in [1.807, 2.05) is 6.07 Å². The monoisotopic (exact) mass is 450 g/mol. The van der Waals surface area contributed by atoms with Crippen molar-refractivity contribution < 1.29 is 0 Å². The summed E-state index contributed by atoms with van der Waals surface area (Å²) < 4.78 is 0.800. The molecule has 2 aromatic heterocycles. The summed E-state index contributed by atoms with van der Waals surface area (Å²) in [6.07, 6.45) is 1.04. The number of hydrogen-bond donors (Lipinski definition) is 2. The van der Waals surface area contributed by atoms with Crippen molar-refractivity contribution in [1.82, 2.24) is 9.97 Å². The molecule has 0 radical (unpaired) electrons. The van der Waals surface area contributed by atoms with Crippen LogP contribution in [0.4, 0.5) is 11.8 Å². The Morgan fingerprint density at radius 3 is 2.62 bits per heavy atom. The topological polar surface area (TPSA) is 63.8 Å². The van der Waals surface area contributed by atoms with Crippen molar-refractivity contribution in [1.29, 1.82) is 0 Å². The number of hydrogen-bond acceptors (Lipinski definition) is 5. The highest BCUT2D eigenvalue weighted by Crippen LogP contribution is 2.30. The molecule has 0 amide bonds. The maximum atomic E-state index is 5.84. The van der Waals surface area contributed by atoms with E-state index in [0.717, 1.165) is 22.4 Å². The third-order valence-corrected chi connectivity index (χ3v) is 5.49. The summed E-state index contributed by atoms with van der Waals surface area (Å²) in [5.74, 6) is 1.06. The van der Waals surface area contributed by atoms with Crippen molar-refractivity contribution in [2.24, 2.45) is 0 Å². The highest BCUT2D eigenvalue weighted by atomic mass is 127. The predicted octanol–water partition coefficient (Wildman–Crippen LogP) is 4.82. The fraction of sp³-hybridized carbons (Fsp3) is 0.222. The van der Waals surface area contributed by atoms with Crippen LogP contribution in [0, 0.1) is 0 Å². The maximum absolute atomic E-state index is 5.84. The Balaban J connectivity index is 1.95. The normalized spacial score (nSPS) is 12.1. The third kappa shape index (κ3) is 4.05. The number of alkyl halides is 1. The van der Waals surface area contributed by atoms with Crippen molar-refractivity contribution in [3.05, 3.63) is 69.5 Å². The minimum absolute atomic E-state index is 0.0484. The van der Waals surface area contributed by atoms with Gasteiger partial charge in [-0.3, -0.25) is 0 Å². The molecule has 24 heavy (non-hydrogen) atoms. The van der Waals surface area contributed by atoms with E-state index in [1.165, 1.54) is 16.0 Å². The van der Waals surface area contributed by atoms with Crippen LogP contribution in [0.15, 0.2) is 47.8 Å². The Bertz CT molecular complexity index is 787. The fourth-order valence-electron chi connectivity index (χ4n) is 2.53. The molecule has 0 spiro atoms. The number of aromatic nitrogens is 2. The number of rotatable bonds is 6. The largest absolute Gasteiger partial charge is 0.368 e. The van der Waals surface area contributed by atoms with Gasteiger partial charge in [0, 0.05) is 15.4 Å². The lowest BCUT2D eigenvalue weighted by atomic mass is 10.0. The minimum Gasteiger partial charge on any atom is -0.368 e. The van der Waals surface area contributed by atoms with Crippen LogP contribution in [0.3, 0.4) is 0 Å². The van der Waals surface area contributed by atoms with Gasteiger partial charge in [-0.15, -0.1) is 11.3 Å². The molecular weight excluding hydrogens is 431 g/mol. The molecule has 0 aliphatic heterocycles. The van der Waals surface area contributed by atoms with E-state index in [-0.39, 0.29) is 6.04 Å². The Kier molecular flexibility index (Phi) is 5.68. The van der Waals surface area contributed by atoms with Crippen LogP contribution in [0.25, 0.3) is 0 Å². The van der Waals surface area contributed by atoms with E-state index in [0.29, 0.717) is 5.95 Å². The Hall–Kier alpha value is -1.67. The van der Waals surface area contributed by atoms with Gasteiger partial charge in [-0.2, -0.15) is 4.98 Å². The van der Waals surface area contributed by atoms with Crippen molar-refractivity contribution in [3.8, 4) is 0 Å². The molecule has 0 aliphatic carbocycles. The van der Waals surface area contributed by atoms with Crippen LogP contribution in [-0.4, -0.2) is 9.97 Å². The molecule has 4 nitrogen and oxygen atoms in total. The molecule has 0 fully saturated rings. The third-order valence-electron chi connectivity index (χ3n) is 3.77. The van der Waals surface area contributed by atoms with E-state index in [4.69, 9.17) is 5.73 Å². The molecule has 0 bridgehead atoms. The average Bonchev–Trinajstić information content (AvgIpc) is 3.13. The summed E-state index contributed by atoms with van der Waals surface area (Å²) in [6, 6.07) is 14.9. The Labute approximate surface area is 159 Å². The molecule has 0 aliphatic rings. The number of anilines is 2. The number of thiophene rings is 1. The lowest BCUT2D eigenvalue weighted by Crippen LogP contribution is -2.13. The van der Waals surface area contributed by atoms with Gasteiger partial charge in [-0.05, 0) is 29.0 Å². The van der Waals surface area contributed by atoms with Gasteiger partial charge < -0.3 is 11.1 Å². The summed E-state index contributed by atoms with van der Waals surface area (Å²) in [7, 11) is 0. The fourth-order valence-corrected chi connectivity index (χ4v) is 3.72. The standard InChI is InChI=1S/C18H19IN4S/c1-2-12-5-7-13(8-6-12)17(15-4-3-9-24-15)22-16-10-14(11-19)21-18(20)23-16/h3-10,17H,2,11H2,1H3,(H3,20,21,22,23). The second kappa shape index (κ2) is 7.94. The van der Waals surface area contributed by atoms with Gasteiger partial charge in [-0.25, -0.2) is 4.98 Å². The maximum Gasteiger partial charge on any atom is 0.222 e. The van der Waals surface area contributed by atoms with Gasteiger partial charge in [0.2, 0.25) is 5.95 Å². The molecule has 2 heterocycles. The first-order valence-electron chi connectivity index (χ1n) is 7.77. The van der Waals surface area contributed by atoms with Crippen LogP contribution in [0.2, 0.25) is 0 Å². The van der Waals surface area contributed by atoms with Crippen molar-refractivity contribution in [3.63, 3.8) is 0 Å². The van der Waals surface area contributed by atoms with Gasteiger partial charge in [-0.1, -0.05) is 59.8 Å². The molecule has 6 heteroatoms. The molecule has 3 aromatic rings. The summed E-state index contributed by atoms with van der Waals surface area (Å²) in [4.78, 5) is 9.83. The Morgan fingerprint density at radius 1 is 1.21 bits per heavy atom. The number of halogens is 1. The van der Waals surface area contributed by atoms with E-state index in [1.54, 1.807) is 11.3 Å². The quantitative estimate of drug-likeness (QED) is 0.418. The molecule has 3 N–H and O–H groups in total. The molecule has 124 valence electrons. The number of nitrogens with two attached hydrogens (primary N) is 1. The molecule has 0 saturated heterocycles. The molecule has 0 saturated carbocycles. The first kappa shape index (κ1) is 17.2. The SMILES string of the molecule is CCc1ccc(C(Nc2cc(CI)nc(N)n2)c2cccs2)cc1. The molecular formula is C18H19IN4S. The minimum atomic E-state index is 0.0484. The van der Waals surface area contributed by atoms with E-state index < -0.39 is 0 Å². The zero-order chi connectivity index (χ0) is 16.9. The molecule has 1 atom stereocenters.